The van der Waals surface area contributed by atoms with E-state index in [1.165, 1.54) is 11.3 Å². The Morgan fingerprint density at radius 1 is 1.21 bits per heavy atom. The van der Waals surface area contributed by atoms with Crippen molar-refractivity contribution in [1.82, 2.24) is 20.0 Å². The quantitative estimate of drug-likeness (QED) is 0.739. The third-order valence-electron chi connectivity index (χ3n) is 8.54. The van der Waals surface area contributed by atoms with Gasteiger partial charge in [0.1, 0.15) is 17.0 Å². The van der Waals surface area contributed by atoms with E-state index in [-0.39, 0.29) is 11.5 Å². The van der Waals surface area contributed by atoms with Gasteiger partial charge in [0.15, 0.2) is 0 Å². The lowest BCUT2D eigenvalue weighted by molar-refractivity contribution is -0.136. The van der Waals surface area contributed by atoms with Crippen LogP contribution in [0, 0.1) is 18.8 Å². The summed E-state index contributed by atoms with van der Waals surface area (Å²) < 4.78 is 9.13. The zero-order valence-electron chi connectivity index (χ0n) is 20.4. The number of nitrogens with zero attached hydrogens (tertiary/aromatic N) is 3. The number of amides is 1. The standard InChI is InChI=1S/C27H36N4O2/c1-17-15-21(17)25(32)30-13-10-27(11-14-30)23-18(2)31(19-9-12-28-26(3,4)16-19)29-24(23)20-7-5-6-8-22(20)33-27/h5-8,17,19,21,28H,9-16H2,1-4H3/t17-,19?,21-/m0/s1. The Kier molecular flexibility index (Phi) is 4.71. The third-order valence-corrected chi connectivity index (χ3v) is 8.54. The van der Waals surface area contributed by atoms with Crippen molar-refractivity contribution in [2.45, 2.75) is 77.0 Å². The molecular weight excluding hydrogens is 412 g/mol. The molecule has 4 aliphatic rings. The van der Waals surface area contributed by atoms with E-state index in [9.17, 15) is 4.79 Å². The molecule has 2 saturated heterocycles. The monoisotopic (exact) mass is 448 g/mol. The molecule has 2 aromatic rings. The second-order valence-corrected chi connectivity index (χ2v) is 11.4. The molecule has 6 nitrogen and oxygen atoms in total. The number of para-hydroxylation sites is 1. The molecule has 1 saturated carbocycles. The van der Waals surface area contributed by atoms with E-state index in [1.807, 2.05) is 6.07 Å². The van der Waals surface area contributed by atoms with E-state index in [4.69, 9.17) is 9.84 Å². The lowest BCUT2D eigenvalue weighted by atomic mass is 9.79. The number of piperidine rings is 2. The van der Waals surface area contributed by atoms with Crippen LogP contribution in [0.3, 0.4) is 0 Å². The molecule has 3 aliphatic heterocycles. The number of hydrogen-bond acceptors (Lipinski definition) is 4. The summed E-state index contributed by atoms with van der Waals surface area (Å²) in [6, 6.07) is 8.71. The van der Waals surface area contributed by atoms with E-state index >= 15 is 0 Å². The van der Waals surface area contributed by atoms with Crippen LogP contribution in [0.4, 0.5) is 0 Å². The van der Waals surface area contributed by atoms with Gasteiger partial charge in [-0.15, -0.1) is 0 Å². The van der Waals surface area contributed by atoms with Crippen molar-refractivity contribution in [3.05, 3.63) is 35.5 Å². The van der Waals surface area contributed by atoms with Gasteiger partial charge in [-0.2, -0.15) is 5.10 Å². The highest BCUT2D eigenvalue weighted by Crippen LogP contribution is 2.51. The maximum absolute atomic E-state index is 12.9. The lowest BCUT2D eigenvalue weighted by Crippen LogP contribution is -2.49. The highest BCUT2D eigenvalue weighted by atomic mass is 16.5. The zero-order chi connectivity index (χ0) is 23.0. The highest BCUT2D eigenvalue weighted by Gasteiger charge is 2.49. The minimum Gasteiger partial charge on any atom is -0.482 e. The van der Waals surface area contributed by atoms with Gasteiger partial charge in [0.2, 0.25) is 5.91 Å². The fraction of sp³-hybridized carbons (Fsp3) is 0.630. The number of nitrogens with one attached hydrogen (secondary N) is 1. The predicted octanol–water partition coefficient (Wildman–Crippen LogP) is 4.43. The Morgan fingerprint density at radius 3 is 2.64 bits per heavy atom. The van der Waals surface area contributed by atoms with Gasteiger partial charge in [0, 0.05) is 54.2 Å². The first-order valence-corrected chi connectivity index (χ1v) is 12.7. The summed E-state index contributed by atoms with van der Waals surface area (Å²) in [7, 11) is 0. The Bertz CT molecular complexity index is 1100. The van der Waals surface area contributed by atoms with Crippen molar-refractivity contribution in [2.24, 2.45) is 11.8 Å². The summed E-state index contributed by atoms with van der Waals surface area (Å²) >= 11 is 0. The smallest absolute Gasteiger partial charge is 0.225 e. The Labute approximate surface area is 196 Å². The Balaban J connectivity index is 1.37. The molecular formula is C27H36N4O2. The lowest BCUT2D eigenvalue weighted by Gasteiger charge is -2.44. The van der Waals surface area contributed by atoms with Crippen molar-refractivity contribution >= 4 is 5.91 Å². The van der Waals surface area contributed by atoms with Gasteiger partial charge in [-0.1, -0.05) is 19.1 Å². The molecule has 1 aliphatic carbocycles. The number of benzene rings is 1. The average molecular weight is 449 g/mol. The average Bonchev–Trinajstić information content (AvgIpc) is 3.41. The van der Waals surface area contributed by atoms with E-state index in [2.05, 4.69) is 60.8 Å². The van der Waals surface area contributed by atoms with Crippen LogP contribution in [-0.2, 0) is 10.4 Å². The van der Waals surface area contributed by atoms with Gasteiger partial charge in [-0.3, -0.25) is 9.48 Å². The second-order valence-electron chi connectivity index (χ2n) is 11.4. The number of likely N-dealkylation sites (tertiary alicyclic amines) is 1. The number of carbonyl (C=O) groups excluding carboxylic acids is 1. The van der Waals surface area contributed by atoms with Gasteiger partial charge in [0.25, 0.3) is 0 Å². The minimum atomic E-state index is -0.402. The molecule has 4 heterocycles. The molecule has 1 unspecified atom stereocenters. The van der Waals surface area contributed by atoms with Crippen molar-refractivity contribution < 1.29 is 9.53 Å². The summed E-state index contributed by atoms with van der Waals surface area (Å²) in [4.78, 5) is 15.0. The summed E-state index contributed by atoms with van der Waals surface area (Å²) in [5.74, 6) is 2.07. The molecule has 0 radical (unpaired) electrons. The SMILES string of the molecule is Cc1c2c(nn1C1CCNC(C)(C)C1)-c1ccccc1OC21CCN(C(=O)[C@H]2C[C@@H]2C)CC1. The first-order chi connectivity index (χ1) is 15.8. The topological polar surface area (TPSA) is 59.4 Å². The second kappa shape index (κ2) is 7.33. The van der Waals surface area contributed by atoms with Crippen LogP contribution in [0.15, 0.2) is 24.3 Å². The summed E-state index contributed by atoms with van der Waals surface area (Å²) in [5, 5.41) is 8.90. The van der Waals surface area contributed by atoms with Crippen LogP contribution in [0.5, 0.6) is 5.75 Å². The number of carbonyl (C=O) groups is 1. The van der Waals surface area contributed by atoms with E-state index in [0.29, 0.717) is 17.9 Å². The van der Waals surface area contributed by atoms with E-state index in [0.717, 1.165) is 68.7 Å². The molecule has 0 bridgehead atoms. The molecule has 176 valence electrons. The summed E-state index contributed by atoms with van der Waals surface area (Å²) in [6.07, 6.45) is 4.85. The maximum Gasteiger partial charge on any atom is 0.225 e. The van der Waals surface area contributed by atoms with E-state index < -0.39 is 5.60 Å². The zero-order valence-corrected chi connectivity index (χ0v) is 20.4. The van der Waals surface area contributed by atoms with Gasteiger partial charge in [0.05, 0.1) is 6.04 Å². The molecule has 1 spiro atoms. The normalized spacial score (nSPS) is 29.2. The molecule has 33 heavy (non-hydrogen) atoms. The predicted molar refractivity (Wildman–Crippen MR) is 128 cm³/mol. The van der Waals surface area contributed by atoms with Crippen molar-refractivity contribution in [1.29, 1.82) is 0 Å². The van der Waals surface area contributed by atoms with Gasteiger partial charge in [-0.05, 0) is 64.6 Å². The molecule has 1 amide bonds. The molecule has 1 N–H and O–H groups in total. The van der Waals surface area contributed by atoms with Crippen molar-refractivity contribution in [2.75, 3.05) is 19.6 Å². The van der Waals surface area contributed by atoms with Crippen molar-refractivity contribution in [3.8, 4) is 17.0 Å². The van der Waals surface area contributed by atoms with E-state index in [1.54, 1.807) is 0 Å². The molecule has 6 rings (SSSR count). The van der Waals surface area contributed by atoms with Crippen LogP contribution in [0.25, 0.3) is 11.3 Å². The number of hydrogen-bond donors (Lipinski definition) is 1. The van der Waals surface area contributed by atoms with Gasteiger partial charge in [-0.25, -0.2) is 0 Å². The fourth-order valence-corrected chi connectivity index (χ4v) is 6.51. The van der Waals surface area contributed by atoms with Gasteiger partial charge >= 0.3 is 0 Å². The fourth-order valence-electron chi connectivity index (χ4n) is 6.51. The largest absolute Gasteiger partial charge is 0.482 e. The van der Waals surface area contributed by atoms with Crippen LogP contribution >= 0.6 is 0 Å². The van der Waals surface area contributed by atoms with Gasteiger partial charge < -0.3 is 15.0 Å². The number of ether oxygens (including phenoxy) is 1. The Morgan fingerprint density at radius 2 is 1.94 bits per heavy atom. The highest BCUT2D eigenvalue weighted by molar-refractivity contribution is 5.82. The van der Waals surface area contributed by atoms with Crippen molar-refractivity contribution in [3.63, 3.8) is 0 Å². The summed E-state index contributed by atoms with van der Waals surface area (Å²) in [6.45, 7) is 11.5. The molecule has 1 aromatic heterocycles. The number of aromatic nitrogens is 2. The first kappa shape index (κ1) is 21.2. The molecule has 3 fully saturated rings. The first-order valence-electron chi connectivity index (χ1n) is 12.7. The van der Waals surface area contributed by atoms with Crippen LogP contribution in [0.1, 0.15) is 70.2 Å². The Hall–Kier alpha value is -2.34. The number of fused-ring (bicyclic) bond motifs is 4. The third kappa shape index (κ3) is 3.40. The van der Waals surface area contributed by atoms with Crippen LogP contribution in [0.2, 0.25) is 0 Å². The molecule has 1 aromatic carbocycles. The van der Waals surface area contributed by atoms with Crippen LogP contribution < -0.4 is 10.1 Å². The maximum atomic E-state index is 12.9. The molecule has 6 heteroatoms. The minimum absolute atomic E-state index is 0.111. The number of rotatable bonds is 2. The molecule has 3 atom stereocenters. The summed E-state index contributed by atoms with van der Waals surface area (Å²) in [5.41, 5.74) is 4.38. The van der Waals surface area contributed by atoms with Crippen LogP contribution in [-0.4, -0.2) is 45.8 Å².